The van der Waals surface area contributed by atoms with Crippen molar-refractivity contribution in [2.75, 3.05) is 24.2 Å². The van der Waals surface area contributed by atoms with Gasteiger partial charge >= 0.3 is 5.97 Å². The molecule has 1 aliphatic rings. The molecule has 0 saturated heterocycles. The number of aromatic nitrogens is 2. The van der Waals surface area contributed by atoms with Gasteiger partial charge in [0.2, 0.25) is 0 Å². The standard InChI is InChI=1S/C20H25ClFN5O2/c1-27(9-8-20(28)29)15-5-2-13(3-6-15)25-18-11-19(24-12-23-18)26-14-4-7-17(22)16(21)10-14/h4,7,10-13,15H,2-3,5-6,8-9H2,1H3,(H,28,29)(H2,23,24,25,26). The quantitative estimate of drug-likeness (QED) is 0.590. The first-order valence-corrected chi connectivity index (χ1v) is 10.0. The minimum Gasteiger partial charge on any atom is -0.481 e. The largest absolute Gasteiger partial charge is 0.481 e. The van der Waals surface area contributed by atoms with E-state index in [1.54, 1.807) is 6.07 Å². The van der Waals surface area contributed by atoms with Crippen molar-refractivity contribution >= 4 is 34.9 Å². The fourth-order valence-corrected chi connectivity index (χ4v) is 3.73. The molecule has 0 radical (unpaired) electrons. The van der Waals surface area contributed by atoms with Gasteiger partial charge in [0.05, 0.1) is 11.4 Å². The number of anilines is 3. The molecule has 0 aliphatic heterocycles. The van der Waals surface area contributed by atoms with Crippen molar-refractivity contribution in [3.05, 3.63) is 41.4 Å². The van der Waals surface area contributed by atoms with Crippen LogP contribution in [0, 0.1) is 5.82 Å². The van der Waals surface area contributed by atoms with Gasteiger partial charge in [0, 0.05) is 30.4 Å². The Labute approximate surface area is 174 Å². The Hall–Kier alpha value is -2.45. The van der Waals surface area contributed by atoms with E-state index < -0.39 is 11.8 Å². The van der Waals surface area contributed by atoms with Crippen LogP contribution in [0.1, 0.15) is 32.1 Å². The molecule has 0 spiro atoms. The summed E-state index contributed by atoms with van der Waals surface area (Å²) in [5.74, 6) is 0.0837. The number of nitrogens with one attached hydrogen (secondary N) is 2. The van der Waals surface area contributed by atoms with Crippen LogP contribution in [0.25, 0.3) is 0 Å². The molecule has 0 atom stereocenters. The zero-order valence-electron chi connectivity index (χ0n) is 16.2. The summed E-state index contributed by atoms with van der Waals surface area (Å²) in [4.78, 5) is 21.4. The molecule has 1 fully saturated rings. The minimum atomic E-state index is -0.761. The Balaban J connectivity index is 1.52. The van der Waals surface area contributed by atoms with Crippen LogP contribution >= 0.6 is 11.6 Å². The summed E-state index contributed by atoms with van der Waals surface area (Å²) in [6, 6.07) is 6.94. The highest BCUT2D eigenvalue weighted by atomic mass is 35.5. The summed E-state index contributed by atoms with van der Waals surface area (Å²) in [5, 5.41) is 15.4. The van der Waals surface area contributed by atoms with Crippen LogP contribution in [0.15, 0.2) is 30.6 Å². The van der Waals surface area contributed by atoms with Crippen molar-refractivity contribution in [1.82, 2.24) is 14.9 Å². The van der Waals surface area contributed by atoms with Gasteiger partial charge in [-0.1, -0.05) is 11.6 Å². The molecule has 3 rings (SSSR count). The number of nitrogens with zero attached hydrogens (tertiary/aromatic N) is 3. The number of benzene rings is 1. The van der Waals surface area contributed by atoms with Gasteiger partial charge < -0.3 is 20.6 Å². The van der Waals surface area contributed by atoms with Crippen molar-refractivity contribution in [2.45, 2.75) is 44.2 Å². The molecule has 2 aromatic rings. The first-order chi connectivity index (χ1) is 13.9. The van der Waals surface area contributed by atoms with E-state index in [0.717, 1.165) is 31.5 Å². The summed E-state index contributed by atoms with van der Waals surface area (Å²) in [7, 11) is 1.99. The van der Waals surface area contributed by atoms with Gasteiger partial charge in [-0.15, -0.1) is 0 Å². The van der Waals surface area contributed by atoms with Crippen molar-refractivity contribution in [2.24, 2.45) is 0 Å². The van der Waals surface area contributed by atoms with Gasteiger partial charge in [-0.05, 0) is 50.9 Å². The maximum atomic E-state index is 13.3. The lowest BCUT2D eigenvalue weighted by Gasteiger charge is -2.35. The van der Waals surface area contributed by atoms with Crippen LogP contribution in [0.3, 0.4) is 0 Å². The predicted molar refractivity (Wildman–Crippen MR) is 111 cm³/mol. The van der Waals surface area contributed by atoms with E-state index in [1.807, 2.05) is 13.1 Å². The summed E-state index contributed by atoms with van der Waals surface area (Å²) < 4.78 is 13.3. The molecule has 9 heteroatoms. The van der Waals surface area contributed by atoms with Gasteiger partial charge in [0.1, 0.15) is 23.8 Å². The highest BCUT2D eigenvalue weighted by molar-refractivity contribution is 6.31. The van der Waals surface area contributed by atoms with Gasteiger partial charge in [0.15, 0.2) is 0 Å². The fourth-order valence-electron chi connectivity index (χ4n) is 3.55. The van der Waals surface area contributed by atoms with Crippen molar-refractivity contribution in [1.29, 1.82) is 0 Å². The molecule has 0 bridgehead atoms. The molecule has 1 heterocycles. The van der Waals surface area contributed by atoms with Gasteiger partial charge in [-0.2, -0.15) is 0 Å². The highest BCUT2D eigenvalue weighted by Gasteiger charge is 2.24. The number of hydrogen-bond acceptors (Lipinski definition) is 6. The molecular weight excluding hydrogens is 397 g/mol. The third-order valence-corrected chi connectivity index (χ3v) is 5.50. The molecule has 1 aliphatic carbocycles. The first-order valence-electron chi connectivity index (χ1n) is 9.63. The molecule has 0 unspecified atom stereocenters. The number of halogens is 2. The van der Waals surface area contributed by atoms with Crippen molar-refractivity contribution < 1.29 is 14.3 Å². The molecule has 7 nitrogen and oxygen atoms in total. The Kier molecular flexibility index (Phi) is 7.22. The topological polar surface area (TPSA) is 90.4 Å². The number of hydrogen-bond donors (Lipinski definition) is 3. The second-order valence-corrected chi connectivity index (χ2v) is 7.72. The van der Waals surface area contributed by atoms with E-state index in [0.29, 0.717) is 30.1 Å². The van der Waals surface area contributed by atoms with Crippen molar-refractivity contribution in [3.63, 3.8) is 0 Å². The lowest BCUT2D eigenvalue weighted by molar-refractivity contribution is -0.137. The zero-order chi connectivity index (χ0) is 20.8. The maximum absolute atomic E-state index is 13.3. The van der Waals surface area contributed by atoms with Gasteiger partial charge in [0.25, 0.3) is 0 Å². The molecular formula is C20H25ClFN5O2. The SMILES string of the molecule is CN(CCC(=O)O)C1CCC(Nc2cc(Nc3ccc(F)c(Cl)c3)ncn2)CC1. The lowest BCUT2D eigenvalue weighted by atomic mass is 9.90. The Morgan fingerprint density at radius 3 is 2.66 bits per heavy atom. The van der Waals surface area contributed by atoms with E-state index in [1.165, 1.54) is 18.5 Å². The van der Waals surface area contributed by atoms with Gasteiger partial charge in [-0.3, -0.25) is 4.79 Å². The van der Waals surface area contributed by atoms with Crippen LogP contribution < -0.4 is 10.6 Å². The number of carboxylic acid groups (broad SMARTS) is 1. The average Bonchev–Trinajstić information content (AvgIpc) is 2.70. The van der Waals surface area contributed by atoms with Crippen LogP contribution in [0.2, 0.25) is 5.02 Å². The van der Waals surface area contributed by atoms with Crippen LogP contribution in [-0.2, 0) is 4.79 Å². The predicted octanol–water partition coefficient (Wildman–Crippen LogP) is 4.14. The fraction of sp³-hybridized carbons (Fsp3) is 0.450. The summed E-state index contributed by atoms with van der Waals surface area (Å²) in [6.07, 6.45) is 5.65. The molecule has 1 aromatic carbocycles. The number of aliphatic carboxylic acids is 1. The second-order valence-electron chi connectivity index (χ2n) is 7.32. The van der Waals surface area contributed by atoms with E-state index in [-0.39, 0.29) is 11.4 Å². The average molecular weight is 422 g/mol. The number of carboxylic acids is 1. The molecule has 29 heavy (non-hydrogen) atoms. The second kappa shape index (κ2) is 9.84. The van der Waals surface area contributed by atoms with Crippen molar-refractivity contribution in [3.8, 4) is 0 Å². The normalized spacial score (nSPS) is 19.2. The van der Waals surface area contributed by atoms with Crippen LogP contribution in [0.4, 0.5) is 21.7 Å². The first kappa shape index (κ1) is 21.3. The molecule has 1 saturated carbocycles. The van der Waals surface area contributed by atoms with E-state index in [2.05, 4.69) is 25.5 Å². The summed E-state index contributed by atoms with van der Waals surface area (Å²) >= 11 is 5.82. The third kappa shape index (κ3) is 6.27. The zero-order valence-corrected chi connectivity index (χ0v) is 17.0. The summed E-state index contributed by atoms with van der Waals surface area (Å²) in [5.41, 5.74) is 0.644. The highest BCUT2D eigenvalue weighted by Crippen LogP contribution is 2.26. The van der Waals surface area contributed by atoms with Crippen LogP contribution in [-0.4, -0.2) is 51.6 Å². The number of carbonyl (C=O) groups is 1. The Morgan fingerprint density at radius 2 is 1.97 bits per heavy atom. The third-order valence-electron chi connectivity index (χ3n) is 5.21. The number of rotatable bonds is 8. The van der Waals surface area contributed by atoms with E-state index in [4.69, 9.17) is 16.7 Å². The van der Waals surface area contributed by atoms with Crippen LogP contribution in [0.5, 0.6) is 0 Å². The molecule has 1 aromatic heterocycles. The van der Waals surface area contributed by atoms with E-state index >= 15 is 0 Å². The Bertz CT molecular complexity index is 845. The lowest BCUT2D eigenvalue weighted by Crippen LogP contribution is -2.39. The maximum Gasteiger partial charge on any atom is 0.304 e. The monoisotopic (exact) mass is 421 g/mol. The molecule has 0 amide bonds. The summed E-state index contributed by atoms with van der Waals surface area (Å²) in [6.45, 7) is 0.576. The molecule has 3 N–H and O–H groups in total. The smallest absolute Gasteiger partial charge is 0.304 e. The molecule has 156 valence electrons. The van der Waals surface area contributed by atoms with Gasteiger partial charge in [-0.25, -0.2) is 14.4 Å². The Morgan fingerprint density at radius 1 is 1.24 bits per heavy atom. The van der Waals surface area contributed by atoms with E-state index in [9.17, 15) is 9.18 Å². The minimum absolute atomic E-state index is 0.0486.